The second kappa shape index (κ2) is 4.93. The quantitative estimate of drug-likeness (QED) is 0.706. The summed E-state index contributed by atoms with van der Waals surface area (Å²) in [6.45, 7) is 0. The lowest BCUT2D eigenvalue weighted by atomic mass is 10.2. The molecule has 0 fully saturated rings. The van der Waals surface area contributed by atoms with E-state index in [0.717, 1.165) is 4.47 Å². The van der Waals surface area contributed by atoms with Gasteiger partial charge in [-0.15, -0.1) is 0 Å². The maximum Gasteiger partial charge on any atom is 0.261 e. The van der Waals surface area contributed by atoms with Crippen molar-refractivity contribution in [1.29, 1.82) is 0 Å². The molecule has 0 radical (unpaired) electrons. The van der Waals surface area contributed by atoms with E-state index in [0.29, 0.717) is 16.9 Å². The Labute approximate surface area is 122 Å². The van der Waals surface area contributed by atoms with Crippen molar-refractivity contribution in [3.05, 3.63) is 52.9 Å². The fourth-order valence-electron chi connectivity index (χ4n) is 1.79. The van der Waals surface area contributed by atoms with Crippen LogP contribution in [0, 0.1) is 0 Å². The number of anilines is 1. The molecule has 2 aromatic heterocycles. The Morgan fingerprint density at radius 2 is 2.25 bits per heavy atom. The maximum atomic E-state index is 12.2. The average molecular weight is 333 g/mol. The highest BCUT2D eigenvalue weighted by Crippen LogP contribution is 2.27. The third kappa shape index (κ3) is 2.23. The van der Waals surface area contributed by atoms with Crippen LogP contribution >= 0.6 is 15.9 Å². The summed E-state index contributed by atoms with van der Waals surface area (Å²) >= 11 is 3.28. The molecule has 0 spiro atoms. The van der Waals surface area contributed by atoms with Crippen LogP contribution in [-0.4, -0.2) is 25.6 Å². The van der Waals surface area contributed by atoms with Crippen molar-refractivity contribution in [3.8, 4) is 5.75 Å². The van der Waals surface area contributed by atoms with Crippen LogP contribution in [0.15, 0.2) is 47.3 Å². The lowest BCUT2D eigenvalue weighted by Gasteiger charge is -2.06. The molecular formula is C13H9BrN4O2. The van der Waals surface area contributed by atoms with Gasteiger partial charge in [-0.25, -0.2) is 9.50 Å². The van der Waals surface area contributed by atoms with Crippen molar-refractivity contribution < 1.29 is 9.90 Å². The van der Waals surface area contributed by atoms with E-state index in [1.165, 1.54) is 16.8 Å². The number of halogens is 1. The highest BCUT2D eigenvalue weighted by atomic mass is 79.9. The summed E-state index contributed by atoms with van der Waals surface area (Å²) in [5.74, 6) is -0.391. The van der Waals surface area contributed by atoms with Gasteiger partial charge in [0, 0.05) is 16.9 Å². The molecule has 0 bridgehead atoms. The summed E-state index contributed by atoms with van der Waals surface area (Å²) < 4.78 is 2.26. The van der Waals surface area contributed by atoms with Gasteiger partial charge < -0.3 is 10.4 Å². The van der Waals surface area contributed by atoms with Crippen LogP contribution in [0.2, 0.25) is 0 Å². The molecule has 7 heteroatoms. The molecule has 6 nitrogen and oxygen atoms in total. The Balaban J connectivity index is 1.95. The van der Waals surface area contributed by atoms with E-state index in [4.69, 9.17) is 0 Å². The van der Waals surface area contributed by atoms with Crippen molar-refractivity contribution >= 4 is 33.2 Å². The number of aromatic hydroxyl groups is 1. The lowest BCUT2D eigenvalue weighted by molar-refractivity contribution is 0.102. The molecule has 0 unspecified atom stereocenters. The van der Waals surface area contributed by atoms with Gasteiger partial charge in [0.15, 0.2) is 5.65 Å². The minimum atomic E-state index is -0.382. The molecule has 0 aliphatic heterocycles. The number of fused-ring (bicyclic) bond motifs is 1. The van der Waals surface area contributed by atoms with Crippen molar-refractivity contribution in [2.24, 2.45) is 0 Å². The SMILES string of the molecule is O=C(Nc1cc(Br)ccc1O)c1cnn2cccnc12. The predicted octanol–water partition coefficient (Wildman–Crippen LogP) is 2.45. The molecule has 0 saturated heterocycles. The first-order valence-corrected chi connectivity index (χ1v) is 6.52. The number of nitrogens with zero attached hydrogens (tertiary/aromatic N) is 3. The van der Waals surface area contributed by atoms with Gasteiger partial charge in [0.1, 0.15) is 11.3 Å². The van der Waals surface area contributed by atoms with Gasteiger partial charge in [0.25, 0.3) is 5.91 Å². The van der Waals surface area contributed by atoms with Gasteiger partial charge in [-0.2, -0.15) is 5.10 Å². The predicted molar refractivity (Wildman–Crippen MR) is 76.7 cm³/mol. The number of rotatable bonds is 2. The lowest BCUT2D eigenvalue weighted by Crippen LogP contribution is -2.12. The van der Waals surface area contributed by atoms with Crippen LogP contribution in [0.3, 0.4) is 0 Å². The number of phenolic OH excluding ortho intramolecular Hbond substituents is 1. The van der Waals surface area contributed by atoms with Crippen molar-refractivity contribution in [2.75, 3.05) is 5.32 Å². The molecule has 0 aliphatic carbocycles. The first-order valence-electron chi connectivity index (χ1n) is 5.73. The minimum Gasteiger partial charge on any atom is -0.506 e. The molecule has 2 heterocycles. The van der Waals surface area contributed by atoms with E-state index in [1.54, 1.807) is 30.6 Å². The molecule has 1 amide bonds. The smallest absolute Gasteiger partial charge is 0.261 e. The third-order valence-corrected chi connectivity index (χ3v) is 3.22. The number of amides is 1. The molecule has 20 heavy (non-hydrogen) atoms. The molecule has 2 N–H and O–H groups in total. The van der Waals surface area contributed by atoms with Crippen LogP contribution in [0.4, 0.5) is 5.69 Å². The average Bonchev–Trinajstić information content (AvgIpc) is 2.87. The molecular weight excluding hydrogens is 324 g/mol. The standard InChI is InChI=1S/C13H9BrN4O2/c14-8-2-3-11(19)10(6-8)17-13(20)9-7-16-18-5-1-4-15-12(9)18/h1-7,19H,(H,17,20). The van der Waals surface area contributed by atoms with Crippen molar-refractivity contribution in [1.82, 2.24) is 14.6 Å². The molecule has 0 atom stereocenters. The summed E-state index contributed by atoms with van der Waals surface area (Å²) in [4.78, 5) is 16.3. The number of hydrogen-bond acceptors (Lipinski definition) is 4. The summed E-state index contributed by atoms with van der Waals surface area (Å²) in [6.07, 6.45) is 4.73. The second-order valence-electron chi connectivity index (χ2n) is 4.06. The topological polar surface area (TPSA) is 79.5 Å². The van der Waals surface area contributed by atoms with Crippen LogP contribution in [0.25, 0.3) is 5.65 Å². The normalized spacial score (nSPS) is 10.7. The summed E-state index contributed by atoms with van der Waals surface area (Å²) in [6, 6.07) is 6.52. The largest absolute Gasteiger partial charge is 0.506 e. The summed E-state index contributed by atoms with van der Waals surface area (Å²) in [5.41, 5.74) is 1.11. The molecule has 1 aromatic carbocycles. The Morgan fingerprint density at radius 1 is 1.40 bits per heavy atom. The van der Waals surface area contributed by atoms with Crippen LogP contribution in [0.1, 0.15) is 10.4 Å². The van der Waals surface area contributed by atoms with Gasteiger partial charge in [-0.3, -0.25) is 4.79 Å². The van der Waals surface area contributed by atoms with Crippen molar-refractivity contribution in [2.45, 2.75) is 0 Å². The number of nitrogens with one attached hydrogen (secondary N) is 1. The summed E-state index contributed by atoms with van der Waals surface area (Å²) in [5, 5.41) is 16.4. The second-order valence-corrected chi connectivity index (χ2v) is 4.98. The van der Waals surface area contributed by atoms with E-state index < -0.39 is 0 Å². The van der Waals surface area contributed by atoms with E-state index >= 15 is 0 Å². The maximum absolute atomic E-state index is 12.2. The van der Waals surface area contributed by atoms with Gasteiger partial charge in [0.05, 0.1) is 11.9 Å². The number of phenols is 1. The highest BCUT2D eigenvalue weighted by Gasteiger charge is 2.15. The fraction of sp³-hybridized carbons (Fsp3) is 0. The number of carbonyl (C=O) groups is 1. The summed E-state index contributed by atoms with van der Waals surface area (Å²) in [7, 11) is 0. The van der Waals surface area contributed by atoms with Gasteiger partial charge in [-0.1, -0.05) is 15.9 Å². The van der Waals surface area contributed by atoms with E-state index in [-0.39, 0.29) is 11.7 Å². The Hall–Kier alpha value is -2.41. The Morgan fingerprint density at radius 3 is 3.10 bits per heavy atom. The number of benzene rings is 1. The van der Waals surface area contributed by atoms with E-state index in [9.17, 15) is 9.90 Å². The van der Waals surface area contributed by atoms with Gasteiger partial charge >= 0.3 is 0 Å². The molecule has 3 aromatic rings. The number of hydrogen-bond donors (Lipinski definition) is 2. The first-order chi connectivity index (χ1) is 9.65. The van der Waals surface area contributed by atoms with Gasteiger partial charge in [0.2, 0.25) is 0 Å². The van der Waals surface area contributed by atoms with E-state index in [1.807, 2.05) is 0 Å². The number of carbonyl (C=O) groups excluding carboxylic acids is 1. The van der Waals surface area contributed by atoms with Crippen LogP contribution < -0.4 is 5.32 Å². The van der Waals surface area contributed by atoms with Crippen LogP contribution in [-0.2, 0) is 0 Å². The highest BCUT2D eigenvalue weighted by molar-refractivity contribution is 9.10. The zero-order valence-electron chi connectivity index (χ0n) is 10.1. The first kappa shape index (κ1) is 12.6. The zero-order valence-corrected chi connectivity index (χ0v) is 11.7. The molecule has 0 aliphatic rings. The van der Waals surface area contributed by atoms with Crippen LogP contribution in [0.5, 0.6) is 5.75 Å². The fourth-order valence-corrected chi connectivity index (χ4v) is 2.15. The molecule has 0 saturated carbocycles. The van der Waals surface area contributed by atoms with Gasteiger partial charge in [-0.05, 0) is 24.3 Å². The third-order valence-electron chi connectivity index (χ3n) is 2.73. The monoisotopic (exact) mass is 332 g/mol. The minimum absolute atomic E-state index is 0.00835. The van der Waals surface area contributed by atoms with Crippen molar-refractivity contribution in [3.63, 3.8) is 0 Å². The Kier molecular flexibility index (Phi) is 3.11. The van der Waals surface area contributed by atoms with E-state index in [2.05, 4.69) is 31.3 Å². The zero-order chi connectivity index (χ0) is 14.1. The number of aromatic nitrogens is 3. The molecule has 3 rings (SSSR count). The Bertz CT molecular complexity index is 800. The molecule has 100 valence electrons.